The van der Waals surface area contributed by atoms with Crippen LogP contribution in [0.3, 0.4) is 0 Å². The predicted molar refractivity (Wildman–Crippen MR) is 263 cm³/mol. The highest BCUT2D eigenvalue weighted by Gasteiger charge is 2.51. The third-order valence-corrected chi connectivity index (χ3v) is 15.4. The second kappa shape index (κ2) is 21.6. The molecule has 1 aliphatic carbocycles. The maximum atomic E-state index is 14.9. The normalized spacial score (nSPS) is 21.6. The number of alkyl halides is 2. The van der Waals surface area contributed by atoms with Gasteiger partial charge >= 0.3 is 13.3 Å². The Kier molecular flexibility index (Phi) is 15.7. The van der Waals surface area contributed by atoms with Crippen molar-refractivity contribution >= 4 is 49.1 Å². The zero-order valence-corrected chi connectivity index (χ0v) is 41.7. The van der Waals surface area contributed by atoms with Crippen molar-refractivity contribution in [1.82, 2.24) is 25.3 Å². The van der Waals surface area contributed by atoms with Gasteiger partial charge in [-0.3, -0.25) is 38.6 Å². The van der Waals surface area contributed by atoms with Crippen molar-refractivity contribution in [3.05, 3.63) is 111 Å². The van der Waals surface area contributed by atoms with Gasteiger partial charge in [0.05, 0.1) is 6.10 Å². The monoisotopic (exact) mass is 1010 g/mol. The fraction of sp³-hybridized carbons (Fsp3) is 0.481. The van der Waals surface area contributed by atoms with E-state index in [0.717, 1.165) is 67.3 Å². The highest BCUT2D eigenvalue weighted by molar-refractivity contribution is 7.52. The smallest absolute Gasteiger partial charge is 0.376 e. The summed E-state index contributed by atoms with van der Waals surface area (Å²) in [5, 5.41) is 5.23. The number of nitrogens with zero attached hydrogens (tertiary/aromatic N) is 3. The number of imide groups is 1. The molecule has 4 heterocycles. The molecule has 0 radical (unpaired) electrons. The molecule has 382 valence electrons. The molecule has 3 aromatic rings. The standard InChI is InChI=1S/C54H62F2N5O10P/c1-53(2,3)47(58-48(63)39-27-36-21-22-40(29-38(36)28-39)54(55,56)72(68,69)70)52(67)60-32-41(30-45(60)51(66)59-25-14-19-37(31-59)34-15-10-8-11-16-34)71-26-12-7-5-4-6-9-17-35-18-13-20-42-43(35)33-61(50(42)65)44-23-24-46(62)57-49(44)64/h8,10-11,13,15-16,18,20-22,28-29,37,41,44-45,47H,4-7,12,14,19,23-27,30-33H2,1-3H3,(H,58,63)(H,57,62,64)(H2,68,69,70)/t37?,41-,44?,45-,47+/m0/s1. The molecule has 18 heteroatoms. The molecule has 3 fully saturated rings. The summed E-state index contributed by atoms with van der Waals surface area (Å²) in [6.07, 6.45) is 7.41. The van der Waals surface area contributed by atoms with Crippen LogP contribution in [-0.2, 0) is 51.9 Å². The molecule has 0 spiro atoms. The molecule has 3 saturated heterocycles. The largest absolute Gasteiger partial charge is 0.399 e. The first-order chi connectivity index (χ1) is 34.2. The minimum absolute atomic E-state index is 0.0484. The summed E-state index contributed by atoms with van der Waals surface area (Å²) in [6.45, 7) is 7.26. The number of unbranched alkanes of at least 4 members (excludes halogenated alkanes) is 4. The maximum Gasteiger partial charge on any atom is 0.399 e. The van der Waals surface area contributed by atoms with Gasteiger partial charge in [-0.2, -0.15) is 8.78 Å². The van der Waals surface area contributed by atoms with Gasteiger partial charge in [-0.1, -0.05) is 94.0 Å². The summed E-state index contributed by atoms with van der Waals surface area (Å²) in [6, 6.07) is 16.0. The number of amides is 6. The molecular weight excluding hydrogens is 948 g/mol. The molecule has 8 rings (SSSR count). The Morgan fingerprint density at radius 3 is 2.46 bits per heavy atom. The van der Waals surface area contributed by atoms with Gasteiger partial charge < -0.3 is 34.5 Å². The number of piperidine rings is 2. The summed E-state index contributed by atoms with van der Waals surface area (Å²) in [5.74, 6) is 4.33. The van der Waals surface area contributed by atoms with E-state index in [1.165, 1.54) is 17.0 Å². The lowest BCUT2D eigenvalue weighted by Gasteiger charge is -2.38. The lowest BCUT2D eigenvalue weighted by atomic mass is 9.85. The highest BCUT2D eigenvalue weighted by atomic mass is 31.2. The van der Waals surface area contributed by atoms with E-state index in [1.54, 1.807) is 37.8 Å². The predicted octanol–water partition coefficient (Wildman–Crippen LogP) is 6.54. The van der Waals surface area contributed by atoms with Crippen molar-refractivity contribution in [3.63, 3.8) is 0 Å². The average molecular weight is 1010 g/mol. The first-order valence-corrected chi connectivity index (χ1v) is 26.4. The number of rotatable bonds is 15. The first-order valence-electron chi connectivity index (χ1n) is 24.8. The summed E-state index contributed by atoms with van der Waals surface area (Å²) >= 11 is 0. The molecule has 3 aromatic carbocycles. The SMILES string of the molecule is CC(C)(C)[C@H](NC(=O)C1=Cc2cc(C(F)(F)P(=O)(O)O)ccc2C1)C(=O)N1C[C@@H](OCCCCCCC#Cc2cccc3c2CN(C2CCC(=O)NC2=O)C3=O)C[C@H]1C(=O)N1CCCC(c2ccccc2)C1. The van der Waals surface area contributed by atoms with Crippen molar-refractivity contribution in [2.24, 2.45) is 5.41 Å². The number of hydrogen-bond donors (Lipinski definition) is 4. The molecular formula is C54H62F2N5O10P. The van der Waals surface area contributed by atoms with Crippen molar-refractivity contribution in [3.8, 4) is 11.8 Å². The molecule has 0 saturated carbocycles. The van der Waals surface area contributed by atoms with Gasteiger partial charge in [0.15, 0.2) is 0 Å². The van der Waals surface area contributed by atoms with Gasteiger partial charge in [-0.05, 0) is 84.0 Å². The molecule has 0 aromatic heterocycles. The van der Waals surface area contributed by atoms with Crippen molar-refractivity contribution < 1.29 is 56.6 Å². The minimum Gasteiger partial charge on any atom is -0.376 e. The number of nitrogens with one attached hydrogen (secondary N) is 2. The van der Waals surface area contributed by atoms with Crippen LogP contribution in [-0.4, -0.2) is 110 Å². The van der Waals surface area contributed by atoms with Crippen LogP contribution in [0.1, 0.15) is 135 Å². The number of likely N-dealkylation sites (tertiary alicyclic amines) is 2. The topological polar surface area (TPSA) is 203 Å². The Bertz CT molecular complexity index is 2760. The van der Waals surface area contributed by atoms with E-state index in [4.69, 9.17) is 4.74 Å². The maximum absolute atomic E-state index is 14.9. The first kappa shape index (κ1) is 52.3. The molecule has 4 N–H and O–H groups in total. The summed E-state index contributed by atoms with van der Waals surface area (Å²) < 4.78 is 47.1. The molecule has 5 atom stereocenters. The van der Waals surface area contributed by atoms with Crippen molar-refractivity contribution in [2.45, 2.75) is 134 Å². The van der Waals surface area contributed by atoms with E-state index in [-0.39, 0.29) is 73.5 Å². The van der Waals surface area contributed by atoms with E-state index < -0.39 is 66.2 Å². The second-order valence-corrected chi connectivity index (χ2v) is 22.2. The van der Waals surface area contributed by atoms with Crippen LogP contribution in [0.25, 0.3) is 6.08 Å². The number of halogens is 2. The lowest BCUT2D eigenvalue weighted by Crippen LogP contribution is -2.58. The molecule has 4 aliphatic heterocycles. The summed E-state index contributed by atoms with van der Waals surface area (Å²) in [5.41, 5.74) is -2.04. The van der Waals surface area contributed by atoms with Gasteiger partial charge in [-0.25, -0.2) is 0 Å². The van der Waals surface area contributed by atoms with E-state index in [2.05, 4.69) is 34.6 Å². The van der Waals surface area contributed by atoms with Crippen LogP contribution < -0.4 is 10.6 Å². The number of carbonyl (C=O) groups excluding carboxylic acids is 6. The molecule has 72 heavy (non-hydrogen) atoms. The van der Waals surface area contributed by atoms with Crippen molar-refractivity contribution in [1.29, 1.82) is 0 Å². The quantitative estimate of drug-likeness (QED) is 0.0561. The number of fused-ring (bicyclic) bond motifs is 2. The Morgan fingerprint density at radius 2 is 1.72 bits per heavy atom. The molecule has 15 nitrogen and oxygen atoms in total. The highest BCUT2D eigenvalue weighted by Crippen LogP contribution is 2.59. The van der Waals surface area contributed by atoms with Crippen LogP contribution in [0.15, 0.2) is 72.3 Å². The van der Waals surface area contributed by atoms with Crippen LogP contribution in [0.5, 0.6) is 0 Å². The van der Waals surface area contributed by atoms with E-state index in [9.17, 15) is 51.9 Å². The Balaban J connectivity index is 0.884. The van der Waals surface area contributed by atoms with Gasteiger partial charge in [0.25, 0.3) is 5.91 Å². The number of hydrogen-bond acceptors (Lipinski definition) is 8. The minimum atomic E-state index is -5.82. The second-order valence-electron chi connectivity index (χ2n) is 20.6. The molecule has 0 bridgehead atoms. The third-order valence-electron chi connectivity index (χ3n) is 14.4. The molecule has 6 amide bonds. The van der Waals surface area contributed by atoms with Gasteiger partial charge in [-0.15, -0.1) is 0 Å². The summed E-state index contributed by atoms with van der Waals surface area (Å²) in [4.78, 5) is 104. The van der Waals surface area contributed by atoms with Crippen LogP contribution in [0.2, 0.25) is 0 Å². The number of benzene rings is 3. The Morgan fingerprint density at radius 1 is 0.958 bits per heavy atom. The molecule has 5 aliphatic rings. The average Bonchev–Trinajstić information content (AvgIpc) is 4.07. The lowest BCUT2D eigenvalue weighted by molar-refractivity contribution is -0.147. The Labute approximate surface area is 418 Å². The zero-order valence-electron chi connectivity index (χ0n) is 40.8. The van der Waals surface area contributed by atoms with Crippen LogP contribution >= 0.6 is 7.60 Å². The van der Waals surface area contributed by atoms with Crippen molar-refractivity contribution in [2.75, 3.05) is 26.2 Å². The molecule has 2 unspecified atom stereocenters. The third kappa shape index (κ3) is 11.4. The zero-order chi connectivity index (χ0) is 51.5. The number of carbonyl (C=O) groups is 6. The fourth-order valence-corrected chi connectivity index (χ4v) is 10.9. The van der Waals surface area contributed by atoms with Crippen LogP contribution in [0.4, 0.5) is 8.78 Å². The van der Waals surface area contributed by atoms with Gasteiger partial charge in [0.1, 0.15) is 18.1 Å². The van der Waals surface area contributed by atoms with Crippen LogP contribution in [0, 0.1) is 17.3 Å². The van der Waals surface area contributed by atoms with E-state index in [1.807, 2.05) is 29.2 Å². The summed E-state index contributed by atoms with van der Waals surface area (Å²) in [7, 11) is -5.82. The number of ether oxygens (including phenoxy) is 1. The fourth-order valence-electron chi connectivity index (χ4n) is 10.4. The van der Waals surface area contributed by atoms with E-state index in [0.29, 0.717) is 37.2 Å². The van der Waals surface area contributed by atoms with Gasteiger partial charge in [0.2, 0.25) is 29.5 Å². The Hall–Kier alpha value is -6.05. The van der Waals surface area contributed by atoms with Gasteiger partial charge in [0, 0.05) is 86.7 Å². The van der Waals surface area contributed by atoms with E-state index >= 15 is 0 Å².